The van der Waals surface area contributed by atoms with Crippen LogP contribution in [-0.4, -0.2) is 25.0 Å². The number of benzene rings is 1. The van der Waals surface area contributed by atoms with Gasteiger partial charge in [-0.2, -0.15) is 0 Å². The molecule has 0 amide bonds. The van der Waals surface area contributed by atoms with Gasteiger partial charge in [0.05, 0.1) is 7.11 Å². The Labute approximate surface area is 94.1 Å². The van der Waals surface area contributed by atoms with E-state index in [1.807, 2.05) is 24.3 Å². The van der Waals surface area contributed by atoms with Gasteiger partial charge in [-0.25, -0.2) is 4.79 Å². The van der Waals surface area contributed by atoms with E-state index in [0.29, 0.717) is 0 Å². The molecule has 0 aliphatic carbocycles. The summed E-state index contributed by atoms with van der Waals surface area (Å²) in [6.45, 7) is 3.73. The van der Waals surface area contributed by atoms with Gasteiger partial charge in [-0.1, -0.05) is 18.2 Å². The Balaban J connectivity index is 2.70. The van der Waals surface area contributed by atoms with Crippen LogP contribution in [0.5, 0.6) is 5.75 Å². The molecule has 0 saturated heterocycles. The van der Waals surface area contributed by atoms with Crippen molar-refractivity contribution in [2.45, 2.75) is 5.92 Å². The Hall–Kier alpha value is -1.97. The molecule has 0 radical (unpaired) electrons. The summed E-state index contributed by atoms with van der Waals surface area (Å²) < 4.78 is 9.55. The predicted octanol–water partition coefficient (Wildman–Crippen LogP) is 2.66. The smallest absolute Gasteiger partial charge is 0.497 e. The minimum atomic E-state index is -1.28. The molecule has 1 unspecified atom stereocenters. The number of carboxylic acid groups (broad SMARTS) is 1. The van der Waals surface area contributed by atoms with Gasteiger partial charge in [0.15, 0.2) is 0 Å². The summed E-state index contributed by atoms with van der Waals surface area (Å²) >= 11 is 0. The summed E-state index contributed by atoms with van der Waals surface area (Å²) in [5.74, 6) is 0.618. The first-order valence-corrected chi connectivity index (χ1v) is 4.79. The lowest BCUT2D eigenvalue weighted by Gasteiger charge is -2.12. The van der Waals surface area contributed by atoms with Gasteiger partial charge in [0.25, 0.3) is 0 Å². The van der Waals surface area contributed by atoms with Crippen molar-refractivity contribution in [1.29, 1.82) is 0 Å². The number of hydrogen-bond acceptors (Lipinski definition) is 3. The van der Waals surface area contributed by atoms with Crippen molar-refractivity contribution in [2.24, 2.45) is 0 Å². The van der Waals surface area contributed by atoms with E-state index in [1.165, 1.54) is 0 Å². The molecule has 0 saturated carbocycles. The number of ether oxygens (including phenoxy) is 2. The Kier molecular flexibility index (Phi) is 4.39. The van der Waals surface area contributed by atoms with Crippen LogP contribution in [-0.2, 0) is 4.74 Å². The second-order valence-corrected chi connectivity index (χ2v) is 3.19. The maximum absolute atomic E-state index is 10.3. The summed E-state index contributed by atoms with van der Waals surface area (Å²) in [7, 11) is 1.59. The number of rotatable bonds is 5. The van der Waals surface area contributed by atoms with Gasteiger partial charge in [-0.3, -0.25) is 0 Å². The van der Waals surface area contributed by atoms with Crippen molar-refractivity contribution in [2.75, 3.05) is 13.7 Å². The molecule has 1 atom stereocenters. The van der Waals surface area contributed by atoms with Crippen molar-refractivity contribution >= 4 is 6.16 Å². The molecule has 0 aliphatic heterocycles. The zero-order chi connectivity index (χ0) is 12.0. The summed E-state index contributed by atoms with van der Waals surface area (Å²) in [5.41, 5.74) is 0.942. The molecule has 16 heavy (non-hydrogen) atoms. The molecule has 1 N–H and O–H groups in total. The van der Waals surface area contributed by atoms with Gasteiger partial charge in [0.2, 0.25) is 0 Å². The molecule has 0 heterocycles. The van der Waals surface area contributed by atoms with Crippen LogP contribution in [0.2, 0.25) is 0 Å². The van der Waals surface area contributed by atoms with E-state index in [-0.39, 0.29) is 12.5 Å². The van der Waals surface area contributed by atoms with E-state index in [0.717, 1.165) is 11.3 Å². The van der Waals surface area contributed by atoms with Crippen LogP contribution in [0, 0.1) is 0 Å². The molecular formula is C12H14O4. The van der Waals surface area contributed by atoms with E-state index >= 15 is 0 Å². The lowest BCUT2D eigenvalue weighted by Crippen LogP contribution is -2.09. The van der Waals surface area contributed by atoms with E-state index in [2.05, 4.69) is 11.3 Å². The standard InChI is InChI=1S/C12H14O4/c1-3-9(8-16-12(13)14)10-4-6-11(15-2)7-5-10/h3-7,9H,1,8H2,2H3,(H,13,14). The van der Waals surface area contributed by atoms with Crippen molar-refractivity contribution in [3.63, 3.8) is 0 Å². The normalized spacial score (nSPS) is 11.6. The lowest BCUT2D eigenvalue weighted by atomic mass is 10.0. The molecule has 1 rings (SSSR count). The minimum absolute atomic E-state index is 0.0746. The summed E-state index contributed by atoms with van der Waals surface area (Å²) in [6.07, 6.45) is 0.380. The van der Waals surface area contributed by atoms with Crippen LogP contribution in [0.25, 0.3) is 0 Å². The number of hydrogen-bond donors (Lipinski definition) is 1. The van der Waals surface area contributed by atoms with Gasteiger partial charge in [0, 0.05) is 5.92 Å². The molecule has 0 aromatic heterocycles. The molecule has 0 spiro atoms. The fourth-order valence-corrected chi connectivity index (χ4v) is 1.31. The predicted molar refractivity (Wildman–Crippen MR) is 59.9 cm³/mol. The van der Waals surface area contributed by atoms with Gasteiger partial charge in [0.1, 0.15) is 12.4 Å². The molecule has 4 heteroatoms. The van der Waals surface area contributed by atoms with Crippen molar-refractivity contribution in [3.8, 4) is 5.75 Å². The van der Waals surface area contributed by atoms with Gasteiger partial charge < -0.3 is 14.6 Å². The molecule has 0 aliphatic rings. The van der Waals surface area contributed by atoms with E-state index in [4.69, 9.17) is 9.84 Å². The van der Waals surface area contributed by atoms with Crippen molar-refractivity contribution in [3.05, 3.63) is 42.5 Å². The monoisotopic (exact) mass is 222 g/mol. The first kappa shape index (κ1) is 12.1. The maximum Gasteiger partial charge on any atom is 0.505 e. The van der Waals surface area contributed by atoms with Crippen LogP contribution in [0.1, 0.15) is 11.5 Å². The molecular weight excluding hydrogens is 208 g/mol. The van der Waals surface area contributed by atoms with E-state index in [1.54, 1.807) is 13.2 Å². The van der Waals surface area contributed by atoms with Crippen LogP contribution in [0.4, 0.5) is 4.79 Å². The van der Waals surface area contributed by atoms with E-state index < -0.39 is 6.16 Å². The SMILES string of the molecule is C=CC(COC(=O)O)c1ccc(OC)cc1. The highest BCUT2D eigenvalue weighted by molar-refractivity contribution is 5.56. The highest BCUT2D eigenvalue weighted by Crippen LogP contribution is 2.20. The van der Waals surface area contributed by atoms with Crippen molar-refractivity contribution in [1.82, 2.24) is 0 Å². The lowest BCUT2D eigenvalue weighted by molar-refractivity contribution is 0.0894. The minimum Gasteiger partial charge on any atom is -0.497 e. The largest absolute Gasteiger partial charge is 0.505 e. The topological polar surface area (TPSA) is 55.8 Å². The summed E-state index contributed by atoms with van der Waals surface area (Å²) in [5, 5.41) is 8.41. The van der Waals surface area contributed by atoms with Gasteiger partial charge >= 0.3 is 6.16 Å². The Morgan fingerprint density at radius 1 is 1.50 bits per heavy atom. The third-order valence-corrected chi connectivity index (χ3v) is 2.21. The van der Waals surface area contributed by atoms with Crippen LogP contribution < -0.4 is 4.74 Å². The Morgan fingerprint density at radius 3 is 2.56 bits per heavy atom. The van der Waals surface area contributed by atoms with Crippen LogP contribution >= 0.6 is 0 Å². The zero-order valence-electron chi connectivity index (χ0n) is 9.05. The molecule has 0 fully saturated rings. The molecule has 1 aromatic rings. The molecule has 0 bridgehead atoms. The second-order valence-electron chi connectivity index (χ2n) is 3.19. The van der Waals surface area contributed by atoms with E-state index in [9.17, 15) is 4.79 Å². The number of methoxy groups -OCH3 is 1. The van der Waals surface area contributed by atoms with Crippen molar-refractivity contribution < 1.29 is 19.4 Å². The summed E-state index contributed by atoms with van der Waals surface area (Å²) in [6, 6.07) is 7.34. The highest BCUT2D eigenvalue weighted by atomic mass is 16.7. The molecule has 4 nitrogen and oxygen atoms in total. The highest BCUT2D eigenvalue weighted by Gasteiger charge is 2.10. The third-order valence-electron chi connectivity index (χ3n) is 2.21. The quantitative estimate of drug-likeness (QED) is 0.614. The Morgan fingerprint density at radius 2 is 2.12 bits per heavy atom. The van der Waals surface area contributed by atoms with Gasteiger partial charge in [-0.05, 0) is 17.7 Å². The zero-order valence-corrected chi connectivity index (χ0v) is 9.05. The average Bonchev–Trinajstić information content (AvgIpc) is 2.30. The fraction of sp³-hybridized carbons (Fsp3) is 0.250. The average molecular weight is 222 g/mol. The van der Waals surface area contributed by atoms with Crippen LogP contribution in [0.3, 0.4) is 0 Å². The second kappa shape index (κ2) is 5.80. The Bertz CT molecular complexity index is 356. The molecule has 86 valence electrons. The van der Waals surface area contributed by atoms with Gasteiger partial charge in [-0.15, -0.1) is 6.58 Å². The summed E-state index contributed by atoms with van der Waals surface area (Å²) in [4.78, 5) is 10.3. The first-order chi connectivity index (χ1) is 7.67. The maximum atomic E-state index is 10.3. The molecule has 1 aromatic carbocycles. The fourth-order valence-electron chi connectivity index (χ4n) is 1.31. The third kappa shape index (κ3) is 3.31. The first-order valence-electron chi connectivity index (χ1n) is 4.79. The number of carbonyl (C=O) groups is 1. The van der Waals surface area contributed by atoms with Crippen LogP contribution in [0.15, 0.2) is 36.9 Å².